The van der Waals surface area contributed by atoms with Gasteiger partial charge in [0.25, 0.3) is 0 Å². The molecule has 1 heterocycles. The van der Waals surface area contributed by atoms with Crippen LogP contribution in [0.3, 0.4) is 0 Å². The van der Waals surface area contributed by atoms with Gasteiger partial charge in [0.05, 0.1) is 6.61 Å². The number of hydrogen-bond acceptors (Lipinski definition) is 2. The Labute approximate surface area is 161 Å². The second-order valence-corrected chi connectivity index (χ2v) is 7.13. The van der Waals surface area contributed by atoms with Crippen LogP contribution in [0.4, 0.5) is 0 Å². The molecule has 1 aliphatic heterocycles. The summed E-state index contributed by atoms with van der Waals surface area (Å²) < 4.78 is 5.58. The highest BCUT2D eigenvalue weighted by Crippen LogP contribution is 2.26. The lowest BCUT2D eigenvalue weighted by molar-refractivity contribution is 0.356. The zero-order valence-corrected chi connectivity index (χ0v) is 15.8. The Morgan fingerprint density at radius 3 is 2.52 bits per heavy atom. The van der Waals surface area contributed by atoms with Gasteiger partial charge in [-0.05, 0) is 40.9 Å². The van der Waals surface area contributed by atoms with Gasteiger partial charge in [0.15, 0.2) is 0 Å². The van der Waals surface area contributed by atoms with Gasteiger partial charge in [-0.15, -0.1) is 0 Å². The van der Waals surface area contributed by atoms with E-state index in [0.29, 0.717) is 0 Å². The van der Waals surface area contributed by atoms with E-state index in [4.69, 9.17) is 4.74 Å². The first-order chi connectivity index (χ1) is 13.3. The molecule has 2 heteroatoms. The molecule has 0 saturated carbocycles. The van der Waals surface area contributed by atoms with Crippen molar-refractivity contribution in [1.82, 2.24) is 4.90 Å². The van der Waals surface area contributed by atoms with Crippen LogP contribution >= 0.6 is 0 Å². The van der Waals surface area contributed by atoms with Crippen LogP contribution in [0, 0.1) is 0 Å². The van der Waals surface area contributed by atoms with Crippen molar-refractivity contribution in [2.24, 2.45) is 0 Å². The SMILES string of the molecule is CN(C/C=C/c1ccc(-c2ccccc2)cc1)Cc1ccc2c(c1)CCO2. The maximum atomic E-state index is 5.58. The number of ether oxygens (including phenoxy) is 1. The summed E-state index contributed by atoms with van der Waals surface area (Å²) in [4.78, 5) is 2.33. The third-order valence-electron chi connectivity index (χ3n) is 4.95. The highest BCUT2D eigenvalue weighted by molar-refractivity contribution is 5.65. The van der Waals surface area contributed by atoms with Gasteiger partial charge in [0.1, 0.15) is 5.75 Å². The number of benzene rings is 3. The molecule has 2 nitrogen and oxygen atoms in total. The molecule has 0 N–H and O–H groups in total. The fourth-order valence-corrected chi connectivity index (χ4v) is 3.50. The third kappa shape index (κ3) is 4.47. The highest BCUT2D eigenvalue weighted by Gasteiger charge is 2.12. The first-order valence-corrected chi connectivity index (χ1v) is 9.53. The van der Waals surface area contributed by atoms with E-state index in [9.17, 15) is 0 Å². The van der Waals surface area contributed by atoms with E-state index < -0.39 is 0 Å². The van der Waals surface area contributed by atoms with Gasteiger partial charge in [-0.2, -0.15) is 0 Å². The van der Waals surface area contributed by atoms with Crippen molar-refractivity contribution in [3.8, 4) is 16.9 Å². The molecule has 0 bridgehead atoms. The minimum atomic E-state index is 0.820. The fraction of sp³-hybridized carbons (Fsp3) is 0.200. The number of hydrogen-bond donors (Lipinski definition) is 0. The lowest BCUT2D eigenvalue weighted by Crippen LogP contribution is -2.17. The van der Waals surface area contributed by atoms with Crippen LogP contribution in [0.5, 0.6) is 5.75 Å². The van der Waals surface area contributed by atoms with E-state index in [1.807, 2.05) is 6.07 Å². The topological polar surface area (TPSA) is 12.5 Å². The Hall–Kier alpha value is -2.84. The normalized spacial score (nSPS) is 13.1. The third-order valence-corrected chi connectivity index (χ3v) is 4.95. The standard InChI is InChI=1S/C25H25NO/c1-26(19-21-11-14-25-24(18-21)15-17-27-25)16-5-6-20-9-12-23(13-10-20)22-7-3-2-4-8-22/h2-14,18H,15-17,19H2,1H3/b6-5+. The second kappa shape index (κ2) is 8.24. The molecule has 0 atom stereocenters. The highest BCUT2D eigenvalue weighted by atomic mass is 16.5. The Kier molecular flexibility index (Phi) is 5.36. The van der Waals surface area contributed by atoms with Crippen LogP contribution in [-0.4, -0.2) is 25.1 Å². The second-order valence-electron chi connectivity index (χ2n) is 7.13. The lowest BCUT2D eigenvalue weighted by atomic mass is 10.0. The quantitative estimate of drug-likeness (QED) is 0.584. The molecule has 1 aliphatic rings. The molecule has 27 heavy (non-hydrogen) atoms. The molecule has 3 aromatic carbocycles. The van der Waals surface area contributed by atoms with Gasteiger partial charge >= 0.3 is 0 Å². The maximum absolute atomic E-state index is 5.58. The summed E-state index contributed by atoms with van der Waals surface area (Å²) in [6.45, 7) is 2.69. The zero-order chi connectivity index (χ0) is 18.5. The lowest BCUT2D eigenvalue weighted by Gasteiger charge is -2.15. The van der Waals surface area contributed by atoms with Crippen molar-refractivity contribution in [2.75, 3.05) is 20.2 Å². The van der Waals surface area contributed by atoms with Crippen molar-refractivity contribution >= 4 is 6.08 Å². The summed E-state index contributed by atoms with van der Waals surface area (Å²) in [6.07, 6.45) is 5.46. The molecule has 0 aromatic heterocycles. The van der Waals surface area contributed by atoms with Crippen LogP contribution in [0.15, 0.2) is 78.9 Å². The van der Waals surface area contributed by atoms with Crippen molar-refractivity contribution in [3.63, 3.8) is 0 Å². The predicted octanol–water partition coefficient (Wildman–Crippen LogP) is 5.43. The van der Waals surface area contributed by atoms with Gasteiger partial charge in [-0.1, -0.05) is 78.9 Å². The molecule has 0 aliphatic carbocycles. The smallest absolute Gasteiger partial charge is 0.122 e. The van der Waals surface area contributed by atoms with Crippen LogP contribution < -0.4 is 4.74 Å². The molecule has 136 valence electrons. The molecular formula is C25H25NO. The number of rotatable bonds is 6. The molecule has 0 amide bonds. The van der Waals surface area contributed by atoms with Gasteiger partial charge in [0.2, 0.25) is 0 Å². The molecule has 3 aromatic rings. The average Bonchev–Trinajstić information content (AvgIpc) is 3.17. The van der Waals surface area contributed by atoms with Gasteiger partial charge in [0, 0.05) is 19.5 Å². The van der Waals surface area contributed by atoms with E-state index in [1.54, 1.807) is 0 Å². The van der Waals surface area contributed by atoms with Crippen LogP contribution in [0.25, 0.3) is 17.2 Å². The first-order valence-electron chi connectivity index (χ1n) is 9.53. The maximum Gasteiger partial charge on any atom is 0.122 e. The molecule has 0 fully saturated rings. The predicted molar refractivity (Wildman–Crippen MR) is 113 cm³/mol. The van der Waals surface area contributed by atoms with Crippen molar-refractivity contribution in [3.05, 3.63) is 95.6 Å². The van der Waals surface area contributed by atoms with Crippen molar-refractivity contribution in [2.45, 2.75) is 13.0 Å². The minimum absolute atomic E-state index is 0.820. The van der Waals surface area contributed by atoms with Crippen molar-refractivity contribution in [1.29, 1.82) is 0 Å². The van der Waals surface area contributed by atoms with E-state index in [-0.39, 0.29) is 0 Å². The van der Waals surface area contributed by atoms with Gasteiger partial charge < -0.3 is 4.74 Å². The Morgan fingerprint density at radius 2 is 1.70 bits per heavy atom. The first kappa shape index (κ1) is 17.6. The summed E-state index contributed by atoms with van der Waals surface area (Å²) in [7, 11) is 2.16. The number of nitrogens with zero attached hydrogens (tertiary/aromatic N) is 1. The molecule has 0 spiro atoms. The van der Waals surface area contributed by atoms with Gasteiger partial charge in [-0.3, -0.25) is 4.90 Å². The molecular weight excluding hydrogens is 330 g/mol. The van der Waals surface area contributed by atoms with E-state index in [2.05, 4.69) is 90.8 Å². The molecule has 0 saturated heterocycles. The Morgan fingerprint density at radius 1 is 0.926 bits per heavy atom. The van der Waals surface area contributed by atoms with Crippen LogP contribution in [-0.2, 0) is 13.0 Å². The van der Waals surface area contributed by atoms with Crippen LogP contribution in [0.2, 0.25) is 0 Å². The van der Waals surface area contributed by atoms with Gasteiger partial charge in [-0.25, -0.2) is 0 Å². The molecule has 0 unspecified atom stereocenters. The summed E-state index contributed by atoms with van der Waals surface area (Å²) in [5, 5.41) is 0. The minimum Gasteiger partial charge on any atom is -0.493 e. The summed E-state index contributed by atoms with van der Waals surface area (Å²) in [6, 6.07) is 25.8. The summed E-state index contributed by atoms with van der Waals surface area (Å²) in [5.41, 5.74) is 6.44. The summed E-state index contributed by atoms with van der Waals surface area (Å²) >= 11 is 0. The van der Waals surface area contributed by atoms with E-state index in [0.717, 1.165) is 31.9 Å². The van der Waals surface area contributed by atoms with E-state index in [1.165, 1.54) is 27.8 Å². The Balaban J connectivity index is 1.32. The monoisotopic (exact) mass is 355 g/mol. The fourth-order valence-electron chi connectivity index (χ4n) is 3.50. The van der Waals surface area contributed by atoms with Crippen molar-refractivity contribution < 1.29 is 4.74 Å². The molecule has 0 radical (unpaired) electrons. The zero-order valence-electron chi connectivity index (χ0n) is 15.8. The number of likely N-dealkylation sites (N-methyl/N-ethyl adjacent to an activating group) is 1. The average molecular weight is 355 g/mol. The van der Waals surface area contributed by atoms with E-state index >= 15 is 0 Å². The van der Waals surface area contributed by atoms with Crippen LogP contribution in [0.1, 0.15) is 16.7 Å². The largest absolute Gasteiger partial charge is 0.493 e. The Bertz CT molecular complexity index is 913. The summed E-state index contributed by atoms with van der Waals surface area (Å²) in [5.74, 6) is 1.06. The molecule has 4 rings (SSSR count). The number of fused-ring (bicyclic) bond motifs is 1.